The minimum absolute atomic E-state index is 0.00837. The predicted molar refractivity (Wildman–Crippen MR) is 94.5 cm³/mol. The molecular weight excluding hydrogens is 342 g/mol. The van der Waals surface area contributed by atoms with Gasteiger partial charge in [0.1, 0.15) is 6.04 Å². The number of carbonyl (C=O) groups excluding carboxylic acids is 2. The molecule has 1 atom stereocenters. The third-order valence-corrected chi connectivity index (χ3v) is 5.75. The fourth-order valence-corrected chi connectivity index (χ4v) is 4.15. The average Bonchev–Trinajstić information content (AvgIpc) is 3.18. The van der Waals surface area contributed by atoms with Crippen LogP contribution in [0.4, 0.5) is 5.69 Å². The third-order valence-electron chi connectivity index (χ3n) is 4.46. The molecule has 136 valence electrons. The van der Waals surface area contributed by atoms with Crippen molar-refractivity contribution >= 4 is 27.5 Å². The van der Waals surface area contributed by atoms with Crippen molar-refractivity contribution < 1.29 is 18.0 Å². The first-order valence-corrected chi connectivity index (χ1v) is 10.3. The molecule has 0 radical (unpaired) electrons. The van der Waals surface area contributed by atoms with Crippen LogP contribution >= 0.6 is 0 Å². The van der Waals surface area contributed by atoms with Crippen molar-refractivity contribution in [2.75, 3.05) is 18.1 Å². The van der Waals surface area contributed by atoms with Gasteiger partial charge in [-0.05, 0) is 43.4 Å². The SMILES string of the molecule is CS(=O)(=O)N1CCC[C@H]1C(=O)Nc1ccc(CC(=O)NC2CC2)cc1. The molecule has 1 aliphatic carbocycles. The van der Waals surface area contributed by atoms with Gasteiger partial charge in [-0.25, -0.2) is 8.42 Å². The fourth-order valence-electron chi connectivity index (χ4n) is 3.02. The van der Waals surface area contributed by atoms with Gasteiger partial charge in [0.25, 0.3) is 0 Å². The highest BCUT2D eigenvalue weighted by Crippen LogP contribution is 2.22. The van der Waals surface area contributed by atoms with Crippen LogP contribution in [0.2, 0.25) is 0 Å². The Morgan fingerprint density at radius 3 is 2.44 bits per heavy atom. The van der Waals surface area contributed by atoms with Gasteiger partial charge in [-0.3, -0.25) is 9.59 Å². The number of sulfonamides is 1. The molecule has 2 N–H and O–H groups in total. The number of nitrogens with one attached hydrogen (secondary N) is 2. The van der Waals surface area contributed by atoms with Crippen LogP contribution in [-0.2, 0) is 26.0 Å². The zero-order chi connectivity index (χ0) is 18.0. The minimum Gasteiger partial charge on any atom is -0.353 e. The summed E-state index contributed by atoms with van der Waals surface area (Å²) in [7, 11) is -3.39. The fraction of sp³-hybridized carbons (Fsp3) is 0.529. The Morgan fingerprint density at radius 2 is 1.84 bits per heavy atom. The van der Waals surface area contributed by atoms with Crippen LogP contribution in [-0.4, -0.2) is 49.4 Å². The minimum atomic E-state index is -3.39. The van der Waals surface area contributed by atoms with Crippen LogP contribution in [0.15, 0.2) is 24.3 Å². The first-order valence-electron chi connectivity index (χ1n) is 8.49. The van der Waals surface area contributed by atoms with Crippen molar-refractivity contribution in [3.8, 4) is 0 Å². The first-order chi connectivity index (χ1) is 11.8. The molecule has 7 nitrogen and oxygen atoms in total. The van der Waals surface area contributed by atoms with Gasteiger partial charge in [0, 0.05) is 18.3 Å². The lowest BCUT2D eigenvalue weighted by Gasteiger charge is -2.21. The van der Waals surface area contributed by atoms with Gasteiger partial charge in [-0.15, -0.1) is 0 Å². The van der Waals surface area contributed by atoms with E-state index in [1.165, 1.54) is 4.31 Å². The van der Waals surface area contributed by atoms with Gasteiger partial charge in [-0.1, -0.05) is 12.1 Å². The zero-order valence-corrected chi connectivity index (χ0v) is 15.0. The molecule has 0 aromatic heterocycles. The summed E-state index contributed by atoms with van der Waals surface area (Å²) in [4.78, 5) is 24.2. The van der Waals surface area contributed by atoms with E-state index in [1.807, 2.05) is 0 Å². The summed E-state index contributed by atoms with van der Waals surface area (Å²) in [5, 5.41) is 5.70. The van der Waals surface area contributed by atoms with Gasteiger partial charge < -0.3 is 10.6 Å². The number of anilines is 1. The molecule has 1 saturated carbocycles. The molecule has 1 aliphatic heterocycles. The van der Waals surface area contributed by atoms with Crippen molar-refractivity contribution in [1.29, 1.82) is 0 Å². The van der Waals surface area contributed by atoms with E-state index in [2.05, 4.69) is 10.6 Å². The van der Waals surface area contributed by atoms with Gasteiger partial charge in [0.05, 0.1) is 12.7 Å². The number of hydrogen-bond donors (Lipinski definition) is 2. The molecule has 0 unspecified atom stereocenters. The van der Waals surface area contributed by atoms with Crippen molar-refractivity contribution in [2.45, 2.75) is 44.2 Å². The summed E-state index contributed by atoms with van der Waals surface area (Å²) in [5.41, 5.74) is 1.46. The van der Waals surface area contributed by atoms with Gasteiger partial charge >= 0.3 is 0 Å². The third kappa shape index (κ3) is 4.79. The summed E-state index contributed by atoms with van der Waals surface area (Å²) in [5.74, 6) is -0.309. The van der Waals surface area contributed by atoms with Crippen molar-refractivity contribution in [3.05, 3.63) is 29.8 Å². The second kappa shape index (κ2) is 7.13. The molecule has 8 heteroatoms. The molecule has 0 spiro atoms. The molecule has 1 heterocycles. The van der Waals surface area contributed by atoms with Gasteiger partial charge in [-0.2, -0.15) is 4.31 Å². The number of nitrogens with zero attached hydrogens (tertiary/aromatic N) is 1. The molecule has 2 amide bonds. The second-order valence-electron chi connectivity index (χ2n) is 6.74. The van der Waals surface area contributed by atoms with E-state index >= 15 is 0 Å². The number of amides is 2. The number of rotatable bonds is 6. The Labute approximate surface area is 147 Å². The highest BCUT2D eigenvalue weighted by molar-refractivity contribution is 7.88. The maximum atomic E-state index is 12.4. The lowest BCUT2D eigenvalue weighted by molar-refractivity contribution is -0.120. The Morgan fingerprint density at radius 1 is 1.16 bits per heavy atom. The van der Waals surface area contributed by atoms with Crippen molar-refractivity contribution in [1.82, 2.24) is 9.62 Å². The monoisotopic (exact) mass is 365 g/mol. The number of carbonyl (C=O) groups is 2. The summed E-state index contributed by atoms with van der Waals surface area (Å²) >= 11 is 0. The Hall–Kier alpha value is -1.93. The van der Waals surface area contributed by atoms with Gasteiger partial charge in [0.15, 0.2) is 0 Å². The van der Waals surface area contributed by atoms with Crippen LogP contribution in [0.1, 0.15) is 31.2 Å². The first kappa shape index (κ1) is 17.9. The van der Waals surface area contributed by atoms with Crippen molar-refractivity contribution in [3.63, 3.8) is 0 Å². The van der Waals surface area contributed by atoms with Crippen LogP contribution in [0.25, 0.3) is 0 Å². The summed E-state index contributed by atoms with van der Waals surface area (Å²) in [6, 6.07) is 6.75. The molecule has 1 aromatic rings. The Kier molecular flexibility index (Phi) is 5.10. The molecule has 0 bridgehead atoms. The van der Waals surface area contributed by atoms with Crippen LogP contribution in [0.5, 0.6) is 0 Å². The summed E-state index contributed by atoms with van der Waals surface area (Å²) < 4.78 is 24.7. The van der Waals surface area contributed by atoms with E-state index < -0.39 is 16.1 Å². The summed E-state index contributed by atoms with van der Waals surface area (Å²) in [6.45, 7) is 0.381. The van der Waals surface area contributed by atoms with E-state index in [1.54, 1.807) is 24.3 Å². The van der Waals surface area contributed by atoms with E-state index in [0.717, 1.165) is 24.7 Å². The zero-order valence-electron chi connectivity index (χ0n) is 14.2. The normalized spacial score (nSPS) is 21.1. The standard InChI is InChI=1S/C17H23N3O4S/c1-25(23,24)20-10-2-3-15(20)17(22)19-14-6-4-12(5-7-14)11-16(21)18-13-8-9-13/h4-7,13,15H,2-3,8-11H2,1H3,(H,18,21)(H,19,22)/t15-/m0/s1. The predicted octanol–water partition coefficient (Wildman–Crippen LogP) is 0.870. The molecule has 2 aliphatic rings. The van der Waals surface area contributed by atoms with Crippen LogP contribution < -0.4 is 10.6 Å². The molecule has 25 heavy (non-hydrogen) atoms. The van der Waals surface area contributed by atoms with Crippen LogP contribution in [0.3, 0.4) is 0 Å². The molecule has 1 aromatic carbocycles. The largest absolute Gasteiger partial charge is 0.353 e. The van der Waals surface area contributed by atoms with E-state index in [-0.39, 0.29) is 11.8 Å². The van der Waals surface area contributed by atoms with Gasteiger partial charge in [0.2, 0.25) is 21.8 Å². The molecule has 1 saturated heterocycles. The van der Waals surface area contributed by atoms with Crippen LogP contribution in [0, 0.1) is 0 Å². The topological polar surface area (TPSA) is 95.6 Å². The second-order valence-corrected chi connectivity index (χ2v) is 8.67. The van der Waals surface area contributed by atoms with E-state index in [4.69, 9.17) is 0 Å². The average molecular weight is 365 g/mol. The molecular formula is C17H23N3O4S. The maximum absolute atomic E-state index is 12.4. The number of benzene rings is 1. The van der Waals surface area contributed by atoms with Crippen molar-refractivity contribution in [2.24, 2.45) is 0 Å². The maximum Gasteiger partial charge on any atom is 0.242 e. The highest BCUT2D eigenvalue weighted by Gasteiger charge is 2.36. The molecule has 2 fully saturated rings. The lowest BCUT2D eigenvalue weighted by Crippen LogP contribution is -2.42. The summed E-state index contributed by atoms with van der Waals surface area (Å²) in [6.07, 6.45) is 4.76. The quantitative estimate of drug-likeness (QED) is 0.782. The van der Waals surface area contributed by atoms with E-state index in [9.17, 15) is 18.0 Å². The Bertz CT molecular complexity index is 757. The molecule has 3 rings (SSSR count). The Balaban J connectivity index is 1.57. The number of hydrogen-bond acceptors (Lipinski definition) is 4. The van der Waals surface area contributed by atoms with E-state index in [0.29, 0.717) is 37.5 Å². The highest BCUT2D eigenvalue weighted by atomic mass is 32.2. The lowest BCUT2D eigenvalue weighted by atomic mass is 10.1. The smallest absolute Gasteiger partial charge is 0.242 e.